The smallest absolute Gasteiger partial charge is 0.355 e. The molecule has 1 heterocycles. The van der Waals surface area contributed by atoms with Crippen molar-refractivity contribution in [2.24, 2.45) is 5.73 Å². The number of non-ortho nitro benzene ring substituents is 1. The highest BCUT2D eigenvalue weighted by Crippen LogP contribution is 2.44. The molecule has 0 spiro atoms. The SMILES string of the molecule is COC(=O)C1=C(C(=O)OC)N(c2ccc([N+](=O)[O-])cc2S)C(N)=C(C#N)C1c1ccccc1. The first kappa shape index (κ1) is 23.4. The zero-order valence-electron chi connectivity index (χ0n) is 17.5. The Bertz CT molecular complexity index is 1250. The number of ether oxygens (including phenoxy) is 2. The van der Waals surface area contributed by atoms with Gasteiger partial charge in [0.05, 0.1) is 48.0 Å². The van der Waals surface area contributed by atoms with Crippen LogP contribution in [0.5, 0.6) is 0 Å². The third kappa shape index (κ3) is 4.11. The van der Waals surface area contributed by atoms with E-state index in [0.717, 1.165) is 25.2 Å². The van der Waals surface area contributed by atoms with Crippen LogP contribution in [0.2, 0.25) is 0 Å². The lowest BCUT2D eigenvalue weighted by Gasteiger charge is -2.36. The number of anilines is 1. The van der Waals surface area contributed by atoms with E-state index in [2.05, 4.69) is 12.6 Å². The van der Waals surface area contributed by atoms with Gasteiger partial charge in [0.1, 0.15) is 11.5 Å². The van der Waals surface area contributed by atoms with E-state index in [1.165, 1.54) is 12.1 Å². The van der Waals surface area contributed by atoms with Crippen LogP contribution in [-0.4, -0.2) is 31.1 Å². The maximum Gasteiger partial charge on any atom is 0.355 e. The number of rotatable bonds is 5. The minimum Gasteiger partial charge on any atom is -0.466 e. The van der Waals surface area contributed by atoms with Gasteiger partial charge in [0.2, 0.25) is 0 Å². The second-order valence-electron chi connectivity index (χ2n) is 6.77. The fourth-order valence-corrected chi connectivity index (χ4v) is 3.88. The summed E-state index contributed by atoms with van der Waals surface area (Å²) in [6, 6.07) is 14.2. The van der Waals surface area contributed by atoms with E-state index < -0.39 is 22.8 Å². The molecule has 2 aromatic carbocycles. The fraction of sp³-hybridized carbons (Fsp3) is 0.136. The second kappa shape index (κ2) is 9.46. The molecular weight excluding hydrogens is 448 g/mol. The molecule has 0 amide bonds. The molecule has 0 saturated carbocycles. The van der Waals surface area contributed by atoms with E-state index in [4.69, 9.17) is 15.2 Å². The number of allylic oxidation sites excluding steroid dienone is 1. The Morgan fingerprint density at radius 1 is 1.15 bits per heavy atom. The van der Waals surface area contributed by atoms with Gasteiger partial charge in [-0.05, 0) is 11.6 Å². The highest BCUT2D eigenvalue weighted by atomic mass is 32.1. The number of nitriles is 1. The minimum atomic E-state index is -1.02. The first-order chi connectivity index (χ1) is 15.8. The van der Waals surface area contributed by atoms with Crippen LogP contribution in [0.25, 0.3) is 0 Å². The molecular formula is C22H18N4O6S. The number of benzene rings is 2. The molecule has 11 heteroatoms. The number of thiol groups is 1. The standard InChI is InChI=1S/C22H18N4O6S/c1-31-21(27)18-17(12-6-4-3-5-7-12)14(11-23)20(24)25(19(18)22(28)32-2)15-9-8-13(26(29)30)10-16(15)33/h3-10,17,33H,24H2,1-2H3. The van der Waals surface area contributed by atoms with Crippen LogP contribution in [0, 0.1) is 21.4 Å². The van der Waals surface area contributed by atoms with Gasteiger partial charge >= 0.3 is 11.9 Å². The van der Waals surface area contributed by atoms with Gasteiger partial charge in [-0.1, -0.05) is 30.3 Å². The normalized spacial score (nSPS) is 15.7. The molecule has 1 aliphatic rings. The summed E-state index contributed by atoms with van der Waals surface area (Å²) in [5.41, 5.74) is 6.28. The summed E-state index contributed by atoms with van der Waals surface area (Å²) >= 11 is 4.31. The van der Waals surface area contributed by atoms with Gasteiger partial charge in [0.15, 0.2) is 0 Å². The lowest BCUT2D eigenvalue weighted by atomic mass is 9.81. The van der Waals surface area contributed by atoms with Gasteiger partial charge in [-0.15, -0.1) is 12.6 Å². The van der Waals surface area contributed by atoms with Crippen molar-refractivity contribution in [2.45, 2.75) is 10.8 Å². The monoisotopic (exact) mass is 466 g/mol. The summed E-state index contributed by atoms with van der Waals surface area (Å²) < 4.78 is 9.88. The molecule has 1 unspecified atom stereocenters. The molecule has 0 saturated heterocycles. The van der Waals surface area contributed by atoms with E-state index >= 15 is 0 Å². The predicted molar refractivity (Wildman–Crippen MR) is 120 cm³/mol. The average Bonchev–Trinajstić information content (AvgIpc) is 2.82. The molecule has 0 aromatic heterocycles. The van der Waals surface area contributed by atoms with Crippen molar-refractivity contribution in [1.29, 1.82) is 5.26 Å². The Balaban J connectivity index is 2.41. The second-order valence-corrected chi connectivity index (χ2v) is 7.25. The van der Waals surface area contributed by atoms with Gasteiger partial charge in [0.25, 0.3) is 5.69 Å². The van der Waals surface area contributed by atoms with E-state index in [1.54, 1.807) is 30.3 Å². The highest BCUT2D eigenvalue weighted by Gasteiger charge is 2.43. The van der Waals surface area contributed by atoms with Crippen molar-refractivity contribution < 1.29 is 24.0 Å². The lowest BCUT2D eigenvalue weighted by molar-refractivity contribution is -0.385. The van der Waals surface area contributed by atoms with Gasteiger partial charge < -0.3 is 15.2 Å². The van der Waals surface area contributed by atoms with Crippen molar-refractivity contribution in [3.05, 3.63) is 86.9 Å². The maximum atomic E-state index is 13.0. The molecule has 2 N–H and O–H groups in total. The molecule has 33 heavy (non-hydrogen) atoms. The molecule has 168 valence electrons. The molecule has 1 aliphatic heterocycles. The van der Waals surface area contributed by atoms with E-state index in [1.807, 2.05) is 6.07 Å². The summed E-state index contributed by atoms with van der Waals surface area (Å²) in [7, 11) is 2.26. The lowest BCUT2D eigenvalue weighted by Crippen LogP contribution is -2.41. The number of carbonyl (C=O) groups excluding carboxylic acids is 2. The average molecular weight is 466 g/mol. The number of hydrogen-bond acceptors (Lipinski definition) is 10. The van der Waals surface area contributed by atoms with Crippen LogP contribution < -0.4 is 10.6 Å². The number of carbonyl (C=O) groups is 2. The Hall–Kier alpha value is -4.30. The molecule has 0 aliphatic carbocycles. The molecule has 3 rings (SSSR count). The predicted octanol–water partition coefficient (Wildman–Crippen LogP) is 2.78. The Morgan fingerprint density at radius 3 is 2.30 bits per heavy atom. The van der Waals surface area contributed by atoms with E-state index in [9.17, 15) is 25.0 Å². The fourth-order valence-electron chi connectivity index (χ4n) is 3.58. The molecule has 0 fully saturated rings. The largest absolute Gasteiger partial charge is 0.466 e. The summed E-state index contributed by atoms with van der Waals surface area (Å²) in [6.07, 6.45) is 0. The third-order valence-electron chi connectivity index (χ3n) is 5.02. The first-order valence-electron chi connectivity index (χ1n) is 9.39. The van der Waals surface area contributed by atoms with Crippen LogP contribution in [0.15, 0.2) is 76.1 Å². The van der Waals surface area contributed by atoms with Crippen LogP contribution in [0.1, 0.15) is 11.5 Å². The Labute approximate surface area is 194 Å². The zero-order chi connectivity index (χ0) is 24.3. The van der Waals surface area contributed by atoms with Crippen molar-refractivity contribution >= 4 is 35.9 Å². The number of nitro benzene ring substituents is 1. The minimum absolute atomic E-state index is 0.0275. The number of nitro groups is 1. The summed E-state index contributed by atoms with van der Waals surface area (Å²) in [4.78, 5) is 37.7. The van der Waals surface area contributed by atoms with Crippen LogP contribution >= 0.6 is 12.6 Å². The number of methoxy groups -OCH3 is 2. The summed E-state index contributed by atoms with van der Waals surface area (Å²) in [6.45, 7) is 0. The van der Waals surface area contributed by atoms with Crippen molar-refractivity contribution in [1.82, 2.24) is 0 Å². The van der Waals surface area contributed by atoms with Crippen LogP contribution in [0.3, 0.4) is 0 Å². The van der Waals surface area contributed by atoms with Crippen molar-refractivity contribution in [2.75, 3.05) is 19.1 Å². The highest BCUT2D eigenvalue weighted by molar-refractivity contribution is 7.80. The zero-order valence-corrected chi connectivity index (χ0v) is 18.4. The molecule has 10 nitrogen and oxygen atoms in total. The number of nitrogens with zero attached hydrogens (tertiary/aromatic N) is 3. The first-order valence-corrected chi connectivity index (χ1v) is 9.84. The molecule has 1 atom stereocenters. The number of hydrogen-bond donors (Lipinski definition) is 2. The van der Waals surface area contributed by atoms with Crippen LogP contribution in [-0.2, 0) is 19.1 Å². The maximum absolute atomic E-state index is 13.0. The summed E-state index contributed by atoms with van der Waals surface area (Å²) in [5.74, 6) is -2.99. The van der Waals surface area contributed by atoms with Crippen molar-refractivity contribution in [3.8, 4) is 6.07 Å². The van der Waals surface area contributed by atoms with Crippen LogP contribution in [0.4, 0.5) is 11.4 Å². The molecule has 0 radical (unpaired) electrons. The number of esters is 2. The van der Waals surface area contributed by atoms with E-state index in [-0.39, 0.29) is 38.9 Å². The van der Waals surface area contributed by atoms with Gasteiger partial charge in [0, 0.05) is 17.0 Å². The third-order valence-corrected chi connectivity index (χ3v) is 5.38. The van der Waals surface area contributed by atoms with Gasteiger partial charge in [-0.25, -0.2) is 9.59 Å². The Morgan fingerprint density at radius 2 is 1.79 bits per heavy atom. The number of nitrogens with two attached hydrogens (primary N) is 1. The molecule has 2 aromatic rings. The topological polar surface area (TPSA) is 149 Å². The Kier molecular flexibility index (Phi) is 6.69. The summed E-state index contributed by atoms with van der Waals surface area (Å²) in [5, 5.41) is 21.1. The van der Waals surface area contributed by atoms with E-state index in [0.29, 0.717) is 5.56 Å². The van der Waals surface area contributed by atoms with Crippen molar-refractivity contribution in [3.63, 3.8) is 0 Å². The van der Waals surface area contributed by atoms with Gasteiger partial charge in [-0.2, -0.15) is 5.26 Å². The van der Waals surface area contributed by atoms with Gasteiger partial charge in [-0.3, -0.25) is 15.0 Å². The molecule has 0 bridgehead atoms. The quantitative estimate of drug-likeness (QED) is 0.293.